The first-order valence-electron chi connectivity index (χ1n) is 6.53. The predicted molar refractivity (Wildman–Crippen MR) is 78.3 cm³/mol. The van der Waals surface area contributed by atoms with Crippen LogP contribution in [0.4, 0.5) is 0 Å². The number of ether oxygens (including phenoxy) is 1. The van der Waals surface area contributed by atoms with Crippen molar-refractivity contribution < 1.29 is 14.6 Å². The van der Waals surface area contributed by atoms with Gasteiger partial charge in [0.1, 0.15) is 5.75 Å². The number of benzene rings is 2. The van der Waals surface area contributed by atoms with E-state index < -0.39 is 11.9 Å². The molecule has 104 valence electrons. The van der Waals surface area contributed by atoms with Crippen molar-refractivity contribution in [3.63, 3.8) is 0 Å². The lowest BCUT2D eigenvalue weighted by molar-refractivity contribution is -0.138. The molecule has 0 saturated heterocycles. The van der Waals surface area contributed by atoms with Gasteiger partial charge in [-0.05, 0) is 42.2 Å². The maximum Gasteiger partial charge on any atom is 0.311 e. The summed E-state index contributed by atoms with van der Waals surface area (Å²) in [6.07, 6.45) is 0.456. The van der Waals surface area contributed by atoms with E-state index in [2.05, 4.69) is 0 Å². The van der Waals surface area contributed by atoms with Crippen molar-refractivity contribution in [3.8, 4) is 5.75 Å². The van der Waals surface area contributed by atoms with E-state index in [9.17, 15) is 9.90 Å². The zero-order valence-corrected chi connectivity index (χ0v) is 11.7. The van der Waals surface area contributed by atoms with Crippen LogP contribution in [0.25, 0.3) is 0 Å². The van der Waals surface area contributed by atoms with E-state index in [4.69, 9.17) is 4.74 Å². The molecule has 2 rings (SSSR count). The van der Waals surface area contributed by atoms with Crippen molar-refractivity contribution >= 4 is 5.97 Å². The SMILES string of the molecule is COc1cccc(CC(C(=O)O)c2ccccc2C)c1. The topological polar surface area (TPSA) is 46.5 Å². The van der Waals surface area contributed by atoms with Crippen molar-refractivity contribution in [1.82, 2.24) is 0 Å². The van der Waals surface area contributed by atoms with Gasteiger partial charge in [0.2, 0.25) is 0 Å². The quantitative estimate of drug-likeness (QED) is 0.905. The Morgan fingerprint density at radius 3 is 2.60 bits per heavy atom. The third kappa shape index (κ3) is 3.18. The van der Waals surface area contributed by atoms with Gasteiger partial charge >= 0.3 is 5.97 Å². The molecular weight excluding hydrogens is 252 g/mol. The summed E-state index contributed by atoms with van der Waals surface area (Å²) >= 11 is 0. The molecule has 3 nitrogen and oxygen atoms in total. The number of aliphatic carboxylic acids is 1. The molecule has 0 aliphatic heterocycles. The summed E-state index contributed by atoms with van der Waals surface area (Å²) in [5.41, 5.74) is 2.82. The van der Waals surface area contributed by atoms with Crippen molar-refractivity contribution in [2.75, 3.05) is 7.11 Å². The Morgan fingerprint density at radius 1 is 1.20 bits per heavy atom. The third-order valence-corrected chi connectivity index (χ3v) is 3.44. The Balaban J connectivity index is 2.31. The zero-order chi connectivity index (χ0) is 14.5. The maximum atomic E-state index is 11.6. The van der Waals surface area contributed by atoms with Crippen LogP contribution in [-0.2, 0) is 11.2 Å². The van der Waals surface area contributed by atoms with Crippen LogP contribution in [0.15, 0.2) is 48.5 Å². The number of carboxylic acids is 1. The summed E-state index contributed by atoms with van der Waals surface area (Å²) in [5, 5.41) is 9.51. The van der Waals surface area contributed by atoms with Crippen molar-refractivity contribution in [1.29, 1.82) is 0 Å². The predicted octanol–water partition coefficient (Wildman–Crippen LogP) is 3.41. The third-order valence-electron chi connectivity index (χ3n) is 3.44. The second-order valence-electron chi connectivity index (χ2n) is 4.80. The number of rotatable bonds is 5. The van der Waals surface area contributed by atoms with Gasteiger partial charge in [0.05, 0.1) is 13.0 Å². The normalized spacial score (nSPS) is 11.9. The van der Waals surface area contributed by atoms with Gasteiger partial charge in [-0.3, -0.25) is 4.79 Å². The summed E-state index contributed by atoms with van der Waals surface area (Å²) in [6, 6.07) is 15.2. The minimum absolute atomic E-state index is 0.456. The first-order chi connectivity index (χ1) is 9.61. The van der Waals surface area contributed by atoms with Crippen molar-refractivity contribution in [2.24, 2.45) is 0 Å². The monoisotopic (exact) mass is 270 g/mol. The number of hydrogen-bond donors (Lipinski definition) is 1. The highest BCUT2D eigenvalue weighted by molar-refractivity contribution is 5.77. The minimum Gasteiger partial charge on any atom is -0.497 e. The zero-order valence-electron chi connectivity index (χ0n) is 11.7. The highest BCUT2D eigenvalue weighted by atomic mass is 16.5. The van der Waals surface area contributed by atoms with Crippen LogP contribution in [0.2, 0.25) is 0 Å². The fraction of sp³-hybridized carbons (Fsp3) is 0.235. The summed E-state index contributed by atoms with van der Waals surface area (Å²) in [5.74, 6) is -0.596. The second kappa shape index (κ2) is 6.24. The van der Waals surface area contributed by atoms with Gasteiger partial charge in [0, 0.05) is 0 Å². The molecule has 0 bridgehead atoms. The lowest BCUT2D eigenvalue weighted by Crippen LogP contribution is -2.15. The Bertz CT molecular complexity index is 605. The van der Waals surface area contributed by atoms with Gasteiger partial charge in [0.25, 0.3) is 0 Å². The van der Waals surface area contributed by atoms with E-state index in [0.29, 0.717) is 6.42 Å². The second-order valence-corrected chi connectivity index (χ2v) is 4.80. The Morgan fingerprint density at radius 2 is 1.95 bits per heavy atom. The molecule has 3 heteroatoms. The van der Waals surface area contributed by atoms with Crippen molar-refractivity contribution in [3.05, 3.63) is 65.2 Å². The van der Waals surface area contributed by atoms with Crippen LogP contribution >= 0.6 is 0 Å². The fourth-order valence-electron chi connectivity index (χ4n) is 2.34. The molecule has 0 amide bonds. The molecule has 1 atom stereocenters. The average Bonchev–Trinajstić information content (AvgIpc) is 2.45. The first-order valence-corrected chi connectivity index (χ1v) is 6.53. The molecule has 0 spiro atoms. The van der Waals surface area contributed by atoms with E-state index in [1.807, 2.05) is 55.5 Å². The van der Waals surface area contributed by atoms with Crippen molar-refractivity contribution in [2.45, 2.75) is 19.3 Å². The average molecular weight is 270 g/mol. The minimum atomic E-state index is -0.804. The largest absolute Gasteiger partial charge is 0.497 e. The Labute approximate surface area is 118 Å². The lowest BCUT2D eigenvalue weighted by Gasteiger charge is -2.15. The molecule has 2 aromatic carbocycles. The fourth-order valence-corrected chi connectivity index (χ4v) is 2.34. The number of aryl methyl sites for hydroxylation is 1. The van der Waals surface area contributed by atoms with E-state index in [1.165, 1.54) is 0 Å². The van der Waals surface area contributed by atoms with Crippen LogP contribution in [0, 0.1) is 6.92 Å². The molecule has 0 aliphatic carbocycles. The number of carboxylic acid groups (broad SMARTS) is 1. The molecule has 0 aliphatic rings. The van der Waals surface area contributed by atoms with Gasteiger partial charge in [-0.25, -0.2) is 0 Å². The number of hydrogen-bond acceptors (Lipinski definition) is 2. The van der Waals surface area contributed by atoms with E-state index in [1.54, 1.807) is 7.11 Å². The molecule has 1 unspecified atom stereocenters. The molecule has 0 heterocycles. The summed E-state index contributed by atoms with van der Waals surface area (Å²) < 4.78 is 5.18. The summed E-state index contributed by atoms with van der Waals surface area (Å²) in [6.45, 7) is 1.94. The van der Waals surface area contributed by atoms with Gasteiger partial charge in [-0.15, -0.1) is 0 Å². The maximum absolute atomic E-state index is 11.6. The first kappa shape index (κ1) is 14.1. The molecule has 0 fully saturated rings. The molecule has 0 radical (unpaired) electrons. The smallest absolute Gasteiger partial charge is 0.311 e. The van der Waals surface area contributed by atoms with E-state index in [-0.39, 0.29) is 0 Å². The molecule has 0 saturated carbocycles. The molecule has 2 aromatic rings. The lowest BCUT2D eigenvalue weighted by atomic mass is 9.89. The summed E-state index contributed by atoms with van der Waals surface area (Å²) in [4.78, 5) is 11.6. The van der Waals surface area contributed by atoms with E-state index >= 15 is 0 Å². The van der Waals surface area contributed by atoms with Crippen LogP contribution in [-0.4, -0.2) is 18.2 Å². The van der Waals surface area contributed by atoms with Crippen LogP contribution in [0.5, 0.6) is 5.75 Å². The number of methoxy groups -OCH3 is 1. The van der Waals surface area contributed by atoms with Gasteiger partial charge in [-0.1, -0.05) is 36.4 Å². The highest BCUT2D eigenvalue weighted by Gasteiger charge is 2.21. The summed E-state index contributed by atoms with van der Waals surface area (Å²) in [7, 11) is 1.61. The molecule has 1 N–H and O–H groups in total. The Kier molecular flexibility index (Phi) is 4.41. The standard InChI is InChI=1S/C17H18O3/c1-12-6-3-4-9-15(12)16(17(18)19)11-13-7-5-8-14(10-13)20-2/h3-10,16H,11H2,1-2H3,(H,18,19). The van der Waals surface area contributed by atoms with E-state index in [0.717, 1.165) is 22.4 Å². The van der Waals surface area contributed by atoms with Gasteiger partial charge < -0.3 is 9.84 Å². The van der Waals surface area contributed by atoms with Gasteiger partial charge in [-0.2, -0.15) is 0 Å². The number of carbonyl (C=O) groups is 1. The highest BCUT2D eigenvalue weighted by Crippen LogP contribution is 2.25. The molecular formula is C17H18O3. The van der Waals surface area contributed by atoms with Crippen LogP contribution in [0.3, 0.4) is 0 Å². The van der Waals surface area contributed by atoms with Gasteiger partial charge in [0.15, 0.2) is 0 Å². The Hall–Kier alpha value is -2.29. The van der Waals surface area contributed by atoms with Crippen LogP contribution in [0.1, 0.15) is 22.6 Å². The van der Waals surface area contributed by atoms with Crippen LogP contribution < -0.4 is 4.74 Å². The molecule has 20 heavy (non-hydrogen) atoms. The molecule has 0 aromatic heterocycles.